The van der Waals surface area contributed by atoms with E-state index in [0.29, 0.717) is 13.0 Å². The van der Waals surface area contributed by atoms with Crippen LogP contribution >= 0.6 is 0 Å². The Kier molecular flexibility index (Phi) is 5.10. The summed E-state index contributed by atoms with van der Waals surface area (Å²) >= 11 is 0. The molecule has 1 rings (SSSR count). The highest BCUT2D eigenvalue weighted by Crippen LogP contribution is 2.05. The van der Waals surface area contributed by atoms with Crippen LogP contribution in [0.3, 0.4) is 0 Å². The van der Waals surface area contributed by atoms with Crippen LogP contribution in [0.5, 0.6) is 0 Å². The molecule has 3 nitrogen and oxygen atoms in total. The molecule has 1 atom stereocenters. The van der Waals surface area contributed by atoms with Crippen molar-refractivity contribution in [1.82, 2.24) is 4.90 Å². The van der Waals surface area contributed by atoms with E-state index in [9.17, 15) is 9.18 Å². The number of benzene rings is 1. The van der Waals surface area contributed by atoms with Gasteiger partial charge >= 0.3 is 0 Å². The molecule has 0 bridgehead atoms. The quantitative estimate of drug-likeness (QED) is 0.847. The molecule has 1 aromatic carbocycles. The van der Waals surface area contributed by atoms with Crippen LogP contribution < -0.4 is 0 Å². The molecule has 1 N–H and O–H groups in total. The first-order valence-corrected chi connectivity index (χ1v) is 5.65. The minimum Gasteiger partial charge on any atom is -0.393 e. The molecule has 0 heterocycles. The number of nitrogens with zero attached hydrogens (tertiary/aromatic N) is 1. The molecule has 0 aliphatic carbocycles. The molecule has 4 heteroatoms. The maximum absolute atomic E-state index is 12.7. The Morgan fingerprint density at radius 2 is 2.00 bits per heavy atom. The number of amides is 1. The number of aliphatic hydroxyl groups excluding tert-OH is 1. The van der Waals surface area contributed by atoms with Crippen LogP contribution in [0.15, 0.2) is 24.3 Å². The van der Waals surface area contributed by atoms with Crippen molar-refractivity contribution in [3.63, 3.8) is 0 Å². The van der Waals surface area contributed by atoms with E-state index in [4.69, 9.17) is 5.11 Å². The van der Waals surface area contributed by atoms with Gasteiger partial charge in [-0.25, -0.2) is 4.39 Å². The summed E-state index contributed by atoms with van der Waals surface area (Å²) in [4.78, 5) is 13.3. The zero-order valence-electron chi connectivity index (χ0n) is 10.2. The Morgan fingerprint density at radius 3 is 2.53 bits per heavy atom. The molecule has 0 saturated heterocycles. The fourth-order valence-corrected chi connectivity index (χ4v) is 1.42. The SMILES string of the molecule is CC(O)CCN(C)C(=O)Cc1ccc(F)cc1. The predicted octanol–water partition coefficient (Wildman–Crippen LogP) is 1.60. The lowest BCUT2D eigenvalue weighted by Gasteiger charge is -2.18. The number of carbonyl (C=O) groups excluding carboxylic acids is 1. The van der Waals surface area contributed by atoms with E-state index in [-0.39, 0.29) is 18.1 Å². The molecule has 1 unspecified atom stereocenters. The van der Waals surface area contributed by atoms with Crippen molar-refractivity contribution in [2.75, 3.05) is 13.6 Å². The Morgan fingerprint density at radius 1 is 1.41 bits per heavy atom. The summed E-state index contributed by atoms with van der Waals surface area (Å²) in [5, 5.41) is 9.12. The van der Waals surface area contributed by atoms with Gasteiger partial charge in [0.05, 0.1) is 12.5 Å². The van der Waals surface area contributed by atoms with Crippen LogP contribution in [0.2, 0.25) is 0 Å². The Bertz CT molecular complexity index is 362. The smallest absolute Gasteiger partial charge is 0.226 e. The molecule has 94 valence electrons. The lowest BCUT2D eigenvalue weighted by Crippen LogP contribution is -2.30. The number of aliphatic hydroxyl groups is 1. The number of hydrogen-bond acceptors (Lipinski definition) is 2. The standard InChI is InChI=1S/C13H18FNO2/c1-10(16)7-8-15(2)13(17)9-11-3-5-12(14)6-4-11/h3-6,10,16H,7-9H2,1-2H3. The summed E-state index contributed by atoms with van der Waals surface area (Å²) in [5.74, 6) is -0.332. The second-order valence-corrected chi connectivity index (χ2v) is 4.26. The lowest BCUT2D eigenvalue weighted by molar-refractivity contribution is -0.129. The second kappa shape index (κ2) is 6.35. The van der Waals surface area contributed by atoms with Gasteiger partial charge in [0.2, 0.25) is 5.91 Å². The van der Waals surface area contributed by atoms with Crippen LogP contribution in [-0.2, 0) is 11.2 Å². The number of rotatable bonds is 5. The normalized spacial score (nSPS) is 12.2. The van der Waals surface area contributed by atoms with E-state index in [1.165, 1.54) is 12.1 Å². The number of halogens is 1. The zero-order chi connectivity index (χ0) is 12.8. The van der Waals surface area contributed by atoms with Gasteiger partial charge in [-0.2, -0.15) is 0 Å². The highest BCUT2D eigenvalue weighted by atomic mass is 19.1. The molecular weight excluding hydrogens is 221 g/mol. The van der Waals surface area contributed by atoms with Crippen LogP contribution in [0.1, 0.15) is 18.9 Å². The average Bonchev–Trinajstić information content (AvgIpc) is 2.28. The lowest BCUT2D eigenvalue weighted by atomic mass is 10.1. The van der Waals surface area contributed by atoms with Crippen LogP contribution in [-0.4, -0.2) is 35.6 Å². The van der Waals surface area contributed by atoms with Gasteiger partial charge in [0.25, 0.3) is 0 Å². The van der Waals surface area contributed by atoms with Crippen molar-refractivity contribution in [2.45, 2.75) is 25.9 Å². The van der Waals surface area contributed by atoms with Crippen LogP contribution in [0.25, 0.3) is 0 Å². The summed E-state index contributed by atoms with van der Waals surface area (Å²) in [6, 6.07) is 5.91. The number of carbonyl (C=O) groups is 1. The predicted molar refractivity (Wildman–Crippen MR) is 64.0 cm³/mol. The van der Waals surface area contributed by atoms with Crippen molar-refractivity contribution < 1.29 is 14.3 Å². The Hall–Kier alpha value is -1.42. The third-order valence-electron chi connectivity index (χ3n) is 2.58. The van der Waals surface area contributed by atoms with E-state index < -0.39 is 6.10 Å². The molecule has 0 aliphatic heterocycles. The molecule has 0 aromatic heterocycles. The summed E-state index contributed by atoms with van der Waals surface area (Å²) in [6.45, 7) is 2.22. The summed E-state index contributed by atoms with van der Waals surface area (Å²) in [5.41, 5.74) is 0.792. The van der Waals surface area contributed by atoms with Crippen LogP contribution in [0, 0.1) is 5.82 Å². The maximum atomic E-state index is 12.7. The van der Waals surface area contributed by atoms with E-state index in [1.54, 1.807) is 31.0 Å². The van der Waals surface area contributed by atoms with Gasteiger partial charge < -0.3 is 10.0 Å². The Balaban J connectivity index is 2.45. The molecule has 0 aliphatic rings. The van der Waals surface area contributed by atoms with Crippen molar-refractivity contribution in [3.05, 3.63) is 35.6 Å². The van der Waals surface area contributed by atoms with Crippen molar-refractivity contribution in [1.29, 1.82) is 0 Å². The molecule has 0 radical (unpaired) electrons. The van der Waals surface area contributed by atoms with Gasteiger partial charge in [-0.1, -0.05) is 12.1 Å². The van der Waals surface area contributed by atoms with Crippen molar-refractivity contribution in [2.24, 2.45) is 0 Å². The average molecular weight is 239 g/mol. The van der Waals surface area contributed by atoms with E-state index in [1.807, 2.05) is 0 Å². The summed E-state index contributed by atoms with van der Waals surface area (Å²) in [7, 11) is 1.70. The number of likely N-dealkylation sites (N-methyl/N-ethyl adjacent to an activating group) is 1. The summed E-state index contributed by atoms with van der Waals surface area (Å²) < 4.78 is 12.7. The van der Waals surface area contributed by atoms with Gasteiger partial charge in [-0.15, -0.1) is 0 Å². The molecule has 0 spiro atoms. The van der Waals surface area contributed by atoms with Crippen molar-refractivity contribution in [3.8, 4) is 0 Å². The van der Waals surface area contributed by atoms with Gasteiger partial charge in [-0.05, 0) is 31.0 Å². The van der Waals surface area contributed by atoms with Gasteiger partial charge in [0.15, 0.2) is 0 Å². The third-order valence-corrected chi connectivity index (χ3v) is 2.58. The van der Waals surface area contributed by atoms with E-state index >= 15 is 0 Å². The molecule has 1 amide bonds. The second-order valence-electron chi connectivity index (χ2n) is 4.26. The number of hydrogen-bond donors (Lipinski definition) is 1. The van der Waals surface area contributed by atoms with Crippen LogP contribution in [0.4, 0.5) is 4.39 Å². The molecule has 0 saturated carbocycles. The molecule has 17 heavy (non-hydrogen) atoms. The fraction of sp³-hybridized carbons (Fsp3) is 0.462. The highest BCUT2D eigenvalue weighted by Gasteiger charge is 2.10. The monoisotopic (exact) mass is 239 g/mol. The Labute approximate surface area is 101 Å². The third kappa shape index (κ3) is 4.95. The van der Waals surface area contributed by atoms with Gasteiger partial charge in [0.1, 0.15) is 5.82 Å². The summed E-state index contributed by atoms with van der Waals surface area (Å²) in [6.07, 6.45) is 0.415. The molecule has 0 fully saturated rings. The zero-order valence-corrected chi connectivity index (χ0v) is 10.2. The molecule has 1 aromatic rings. The minimum absolute atomic E-state index is 0.0303. The minimum atomic E-state index is -0.406. The molecular formula is C13H18FNO2. The largest absolute Gasteiger partial charge is 0.393 e. The van der Waals surface area contributed by atoms with Gasteiger partial charge in [-0.3, -0.25) is 4.79 Å². The van der Waals surface area contributed by atoms with E-state index in [2.05, 4.69) is 0 Å². The van der Waals surface area contributed by atoms with E-state index in [0.717, 1.165) is 5.56 Å². The first kappa shape index (κ1) is 13.6. The maximum Gasteiger partial charge on any atom is 0.226 e. The first-order valence-electron chi connectivity index (χ1n) is 5.65. The topological polar surface area (TPSA) is 40.5 Å². The first-order chi connectivity index (χ1) is 7.99. The highest BCUT2D eigenvalue weighted by molar-refractivity contribution is 5.78. The van der Waals surface area contributed by atoms with Crippen molar-refractivity contribution >= 4 is 5.91 Å². The van der Waals surface area contributed by atoms with Gasteiger partial charge in [0, 0.05) is 13.6 Å². The fourth-order valence-electron chi connectivity index (χ4n) is 1.42.